The predicted molar refractivity (Wildman–Crippen MR) is 147 cm³/mol. The largest absolute Gasteiger partial charge is 0.496 e. The highest BCUT2D eigenvalue weighted by Crippen LogP contribution is 2.38. The van der Waals surface area contributed by atoms with Crippen molar-refractivity contribution in [3.8, 4) is 5.75 Å². The van der Waals surface area contributed by atoms with Gasteiger partial charge in [0, 0.05) is 31.1 Å². The number of fused-ring (bicyclic) bond motifs is 1. The fourth-order valence-electron chi connectivity index (χ4n) is 4.79. The van der Waals surface area contributed by atoms with Gasteiger partial charge in [-0.05, 0) is 38.5 Å². The number of aliphatic hydroxyl groups is 1. The molecule has 1 aromatic carbocycles. The number of rotatable bonds is 11. The van der Waals surface area contributed by atoms with Gasteiger partial charge in [-0.3, -0.25) is 14.2 Å². The van der Waals surface area contributed by atoms with E-state index in [0.717, 1.165) is 21.0 Å². The van der Waals surface area contributed by atoms with E-state index in [2.05, 4.69) is 29.0 Å². The van der Waals surface area contributed by atoms with E-state index in [0.29, 0.717) is 28.4 Å². The average molecular weight is 561 g/mol. The molecule has 0 unspecified atom stereocenters. The van der Waals surface area contributed by atoms with Crippen molar-refractivity contribution in [3.63, 3.8) is 0 Å². The molecule has 1 aliphatic heterocycles. The molecule has 0 bridgehead atoms. The molecule has 2 atom stereocenters. The molecular formula is C25H29FN6O6S. The normalized spacial score (nSPS) is 17.7. The molecule has 0 radical (unpaired) electrons. The third kappa shape index (κ3) is 4.75. The van der Waals surface area contributed by atoms with E-state index >= 15 is 0 Å². The van der Waals surface area contributed by atoms with Gasteiger partial charge in [0.2, 0.25) is 5.91 Å². The number of anilines is 1. The predicted octanol–water partition coefficient (Wildman–Crippen LogP) is 1.70. The zero-order valence-electron chi connectivity index (χ0n) is 21.8. The number of halogens is 1. The maximum Gasteiger partial charge on any atom is 0.333 e. The number of carbonyl (C=O) groups excluding carboxylic acids is 1. The lowest BCUT2D eigenvalue weighted by Crippen LogP contribution is -2.53. The highest BCUT2D eigenvalue weighted by atomic mass is 32.1. The van der Waals surface area contributed by atoms with Crippen LogP contribution in [-0.2, 0) is 21.6 Å². The lowest BCUT2D eigenvalue weighted by molar-refractivity contribution is -0.126. The second-order valence-electron chi connectivity index (χ2n) is 9.07. The number of methoxy groups -OCH3 is 1. The lowest BCUT2D eigenvalue weighted by atomic mass is 10.00. The van der Waals surface area contributed by atoms with Crippen LogP contribution in [0.5, 0.6) is 5.75 Å². The molecule has 3 heterocycles. The van der Waals surface area contributed by atoms with Gasteiger partial charge < -0.3 is 19.9 Å². The summed E-state index contributed by atoms with van der Waals surface area (Å²) in [5, 5.41) is 21.5. The van der Waals surface area contributed by atoms with Crippen LogP contribution in [0.25, 0.3) is 10.2 Å². The number of thiophene rings is 1. The monoisotopic (exact) mass is 560 g/mol. The molecule has 1 aliphatic rings. The first-order chi connectivity index (χ1) is 18.6. The van der Waals surface area contributed by atoms with Crippen molar-refractivity contribution in [3.05, 3.63) is 56.0 Å². The van der Waals surface area contributed by atoms with Crippen molar-refractivity contribution in [2.45, 2.75) is 38.5 Å². The minimum absolute atomic E-state index is 0.120. The Hall–Kier alpha value is -3.88. The molecule has 4 rings (SSSR count). The lowest BCUT2D eigenvalue weighted by Gasteiger charge is -2.26. The quantitative estimate of drug-likeness (QED) is 0.269. The molecule has 2 N–H and O–H groups in total. The van der Waals surface area contributed by atoms with Gasteiger partial charge in [-0.2, -0.15) is 10.2 Å². The van der Waals surface area contributed by atoms with E-state index in [4.69, 9.17) is 9.47 Å². The smallest absolute Gasteiger partial charge is 0.333 e. The number of amides is 1. The third-order valence-electron chi connectivity index (χ3n) is 6.81. The van der Waals surface area contributed by atoms with Gasteiger partial charge >= 0.3 is 5.69 Å². The second kappa shape index (κ2) is 11.1. The molecule has 1 saturated heterocycles. The number of benzene rings is 1. The minimum Gasteiger partial charge on any atom is -0.496 e. The van der Waals surface area contributed by atoms with Crippen LogP contribution in [0.15, 0.2) is 38.0 Å². The van der Waals surface area contributed by atoms with Crippen molar-refractivity contribution < 1.29 is 23.8 Å². The van der Waals surface area contributed by atoms with E-state index < -0.39 is 34.6 Å². The summed E-state index contributed by atoms with van der Waals surface area (Å²) in [5.41, 5.74) is -2.08. The molecule has 3 aromatic rings. The van der Waals surface area contributed by atoms with Crippen LogP contribution < -0.4 is 26.4 Å². The molecule has 0 saturated carbocycles. The van der Waals surface area contributed by atoms with Crippen molar-refractivity contribution in [1.82, 2.24) is 14.5 Å². The zero-order valence-corrected chi connectivity index (χ0v) is 22.6. The van der Waals surface area contributed by atoms with E-state index in [-0.39, 0.29) is 36.4 Å². The fraction of sp³-hybridized carbons (Fsp3) is 0.400. The summed E-state index contributed by atoms with van der Waals surface area (Å²) in [6, 6.07) is 3.88. The number of hydrazone groups is 2. The van der Waals surface area contributed by atoms with Crippen LogP contribution >= 0.6 is 11.3 Å². The Bertz CT molecular complexity index is 1560. The van der Waals surface area contributed by atoms with Crippen molar-refractivity contribution in [2.75, 3.05) is 32.0 Å². The zero-order chi connectivity index (χ0) is 28.5. The molecule has 2 aromatic heterocycles. The maximum absolute atomic E-state index is 14.3. The topological polar surface area (TPSA) is 140 Å². The van der Waals surface area contributed by atoms with Crippen molar-refractivity contribution in [2.24, 2.45) is 10.2 Å². The molecule has 0 aliphatic carbocycles. The Balaban J connectivity index is 2.05. The van der Waals surface area contributed by atoms with Gasteiger partial charge in [0.1, 0.15) is 33.0 Å². The number of aliphatic hydroxyl groups excluding tert-OH is 1. The van der Waals surface area contributed by atoms with E-state index in [1.54, 1.807) is 6.92 Å². The van der Waals surface area contributed by atoms with Crippen LogP contribution in [0.3, 0.4) is 0 Å². The molecule has 39 heavy (non-hydrogen) atoms. The molecule has 0 spiro atoms. The SMILES string of the molecule is C=NN(N=C)c1sc2c(c1C)c(=O)n([C@@]1(C)CCNC1=O)c(=O)n2C[C@H](OCCO)c1cc(F)ccc1OC. The van der Waals surface area contributed by atoms with Gasteiger partial charge in [-0.1, -0.05) is 11.3 Å². The Kier molecular flexibility index (Phi) is 7.99. The van der Waals surface area contributed by atoms with Crippen LogP contribution in [-0.4, -0.2) is 60.5 Å². The highest BCUT2D eigenvalue weighted by molar-refractivity contribution is 7.22. The maximum atomic E-state index is 14.3. The van der Waals surface area contributed by atoms with E-state index in [1.807, 2.05) is 0 Å². The van der Waals surface area contributed by atoms with Crippen LogP contribution in [0.4, 0.5) is 9.39 Å². The minimum atomic E-state index is -1.44. The molecule has 1 amide bonds. The Morgan fingerprint density at radius 1 is 1.31 bits per heavy atom. The number of carbonyl (C=O) groups is 1. The molecule has 208 valence electrons. The number of hydrogen-bond acceptors (Lipinski definition) is 10. The molecular weight excluding hydrogens is 531 g/mol. The molecule has 1 fully saturated rings. The van der Waals surface area contributed by atoms with Crippen LogP contribution in [0, 0.1) is 12.7 Å². The summed E-state index contributed by atoms with van der Waals surface area (Å²) in [4.78, 5) is 41.1. The second-order valence-corrected chi connectivity index (χ2v) is 10.0. The Morgan fingerprint density at radius 3 is 2.62 bits per heavy atom. The van der Waals surface area contributed by atoms with Gasteiger partial charge in [0.15, 0.2) is 0 Å². The van der Waals surface area contributed by atoms with Crippen molar-refractivity contribution >= 4 is 45.9 Å². The number of aryl methyl sites for hydroxylation is 1. The van der Waals surface area contributed by atoms with Gasteiger partial charge in [0.25, 0.3) is 5.56 Å². The molecule has 14 heteroatoms. The number of aromatic nitrogens is 2. The third-order valence-corrected chi connectivity index (χ3v) is 8.09. The van der Waals surface area contributed by atoms with Gasteiger partial charge in [-0.15, -0.1) is 5.12 Å². The first kappa shape index (κ1) is 28.1. The first-order valence-electron chi connectivity index (χ1n) is 12.0. The standard InChI is InChI=1S/C25H29FN6O6S/c1-14-19-20(34)31(25(2)8-9-29-23(25)35)24(36)30(22(19)39-21(14)32(27-3)28-4)13-18(38-11-10-33)16-12-15(26)6-7-17(16)37-5/h6-7,12,18,33H,3-4,8-11,13H2,1-2,5H3,(H,29,35)/t18-,25-/m0/s1. The van der Waals surface area contributed by atoms with Crippen LogP contribution in [0.1, 0.15) is 30.6 Å². The number of ether oxygens (including phenoxy) is 2. The fourth-order valence-corrected chi connectivity index (χ4v) is 6.03. The summed E-state index contributed by atoms with van der Waals surface area (Å²) in [7, 11) is 1.41. The summed E-state index contributed by atoms with van der Waals surface area (Å²) in [5.74, 6) is -0.706. The summed E-state index contributed by atoms with van der Waals surface area (Å²) < 4.78 is 27.9. The van der Waals surface area contributed by atoms with Gasteiger partial charge in [-0.25, -0.2) is 13.8 Å². The first-order valence-corrected chi connectivity index (χ1v) is 12.8. The van der Waals surface area contributed by atoms with E-state index in [1.165, 1.54) is 36.8 Å². The Labute approximate surface area is 226 Å². The highest BCUT2D eigenvalue weighted by Gasteiger charge is 2.43. The average Bonchev–Trinajstić information content (AvgIpc) is 3.43. The summed E-state index contributed by atoms with van der Waals surface area (Å²) in [6.45, 7) is 9.82. The number of hydrogen-bond donors (Lipinski definition) is 2. The number of nitrogens with one attached hydrogen (secondary N) is 1. The summed E-state index contributed by atoms with van der Waals surface area (Å²) in [6.07, 6.45) is -0.754. The molecule has 12 nitrogen and oxygen atoms in total. The van der Waals surface area contributed by atoms with E-state index in [9.17, 15) is 23.9 Å². The van der Waals surface area contributed by atoms with Crippen LogP contribution in [0.2, 0.25) is 0 Å². The van der Waals surface area contributed by atoms with Gasteiger partial charge in [0.05, 0.1) is 32.3 Å². The Morgan fingerprint density at radius 2 is 2.03 bits per heavy atom. The summed E-state index contributed by atoms with van der Waals surface area (Å²) >= 11 is 1.06. The van der Waals surface area contributed by atoms with Crippen molar-refractivity contribution in [1.29, 1.82) is 0 Å². The number of nitrogens with zero attached hydrogens (tertiary/aromatic N) is 5.